The van der Waals surface area contributed by atoms with E-state index < -0.39 is 5.82 Å². The normalized spacial score (nSPS) is 18.0. The maximum atomic E-state index is 14.0. The van der Waals surface area contributed by atoms with Crippen LogP contribution in [0.1, 0.15) is 5.56 Å². The third-order valence-electron chi connectivity index (χ3n) is 5.81. The van der Waals surface area contributed by atoms with Gasteiger partial charge in [0.2, 0.25) is 5.91 Å². The average molecular weight is 433 g/mol. The number of benzene rings is 1. The Morgan fingerprint density at radius 2 is 1.60 bits per heavy atom. The number of halogens is 2. The van der Waals surface area contributed by atoms with Crippen LogP contribution in [0.25, 0.3) is 0 Å². The molecular formula is C21H26ClFN6O. The molecule has 7 nitrogen and oxygen atoms in total. The van der Waals surface area contributed by atoms with Crippen molar-refractivity contribution in [3.05, 3.63) is 47.0 Å². The predicted octanol–water partition coefficient (Wildman–Crippen LogP) is 1.91. The Morgan fingerprint density at radius 3 is 2.20 bits per heavy atom. The Bertz CT molecular complexity index is 877. The van der Waals surface area contributed by atoms with Crippen molar-refractivity contribution in [1.29, 1.82) is 0 Å². The summed E-state index contributed by atoms with van der Waals surface area (Å²) in [7, 11) is 2.13. The number of hydrogen-bond donors (Lipinski definition) is 0. The minimum absolute atomic E-state index is 0.0213. The van der Waals surface area contributed by atoms with Crippen LogP contribution in [0.5, 0.6) is 0 Å². The summed E-state index contributed by atoms with van der Waals surface area (Å²) in [5, 5.41) is 0.291. The first-order valence-electron chi connectivity index (χ1n) is 10.2. The van der Waals surface area contributed by atoms with Crippen LogP contribution in [0.15, 0.2) is 30.6 Å². The number of carbonyl (C=O) groups excluding carboxylic acids is 1. The number of carbonyl (C=O) groups is 1. The molecule has 1 aromatic carbocycles. The third kappa shape index (κ3) is 4.65. The van der Waals surface area contributed by atoms with E-state index in [0.717, 1.165) is 37.8 Å². The molecule has 2 saturated heterocycles. The van der Waals surface area contributed by atoms with E-state index in [1.807, 2.05) is 6.07 Å². The number of anilines is 2. The first-order valence-corrected chi connectivity index (χ1v) is 10.6. The maximum Gasteiger partial charge on any atom is 0.227 e. The largest absolute Gasteiger partial charge is 0.354 e. The molecule has 2 fully saturated rings. The lowest BCUT2D eigenvalue weighted by Gasteiger charge is -2.36. The minimum atomic E-state index is -0.438. The van der Waals surface area contributed by atoms with E-state index in [1.165, 1.54) is 6.07 Å². The molecule has 0 N–H and O–H groups in total. The fourth-order valence-corrected chi connectivity index (χ4v) is 4.10. The topological polar surface area (TPSA) is 55.8 Å². The molecule has 0 atom stereocenters. The number of nitrogens with zero attached hydrogens (tertiary/aromatic N) is 6. The molecule has 2 aliphatic rings. The van der Waals surface area contributed by atoms with E-state index in [0.29, 0.717) is 31.2 Å². The van der Waals surface area contributed by atoms with E-state index in [4.69, 9.17) is 11.6 Å². The summed E-state index contributed by atoms with van der Waals surface area (Å²) in [5.74, 6) is 1.28. The van der Waals surface area contributed by atoms with E-state index >= 15 is 0 Å². The molecule has 4 rings (SSSR count). The van der Waals surface area contributed by atoms with Crippen molar-refractivity contribution in [3.63, 3.8) is 0 Å². The van der Waals surface area contributed by atoms with E-state index in [9.17, 15) is 9.18 Å². The highest BCUT2D eigenvalue weighted by Crippen LogP contribution is 2.22. The molecule has 0 aliphatic carbocycles. The van der Waals surface area contributed by atoms with Crippen LogP contribution in [0.4, 0.5) is 16.0 Å². The lowest BCUT2D eigenvalue weighted by atomic mass is 10.1. The molecule has 2 aromatic rings. The van der Waals surface area contributed by atoms with Gasteiger partial charge in [-0.3, -0.25) is 4.79 Å². The number of amides is 1. The lowest BCUT2D eigenvalue weighted by molar-refractivity contribution is -0.130. The third-order valence-corrected chi connectivity index (χ3v) is 6.17. The van der Waals surface area contributed by atoms with Crippen molar-refractivity contribution in [3.8, 4) is 0 Å². The quantitative estimate of drug-likeness (QED) is 0.735. The van der Waals surface area contributed by atoms with Crippen LogP contribution in [0, 0.1) is 5.82 Å². The van der Waals surface area contributed by atoms with Crippen LogP contribution in [0.2, 0.25) is 5.02 Å². The maximum absolute atomic E-state index is 14.0. The molecule has 9 heteroatoms. The van der Waals surface area contributed by atoms with Crippen molar-refractivity contribution in [2.24, 2.45) is 0 Å². The van der Waals surface area contributed by atoms with Crippen molar-refractivity contribution in [1.82, 2.24) is 19.8 Å². The van der Waals surface area contributed by atoms with Gasteiger partial charge in [0.25, 0.3) is 0 Å². The van der Waals surface area contributed by atoms with Gasteiger partial charge in [0.1, 0.15) is 23.8 Å². The number of hydrogen-bond acceptors (Lipinski definition) is 6. The van der Waals surface area contributed by atoms with Gasteiger partial charge in [-0.2, -0.15) is 0 Å². The van der Waals surface area contributed by atoms with Gasteiger partial charge in [-0.1, -0.05) is 17.7 Å². The highest BCUT2D eigenvalue weighted by Gasteiger charge is 2.24. The Kier molecular flexibility index (Phi) is 6.34. The summed E-state index contributed by atoms with van der Waals surface area (Å²) in [6.45, 7) is 6.43. The molecule has 1 amide bonds. The van der Waals surface area contributed by atoms with Crippen molar-refractivity contribution >= 4 is 29.1 Å². The van der Waals surface area contributed by atoms with Crippen molar-refractivity contribution in [2.45, 2.75) is 6.42 Å². The fraction of sp³-hybridized carbons (Fsp3) is 0.476. The van der Waals surface area contributed by atoms with Gasteiger partial charge >= 0.3 is 0 Å². The summed E-state index contributed by atoms with van der Waals surface area (Å²) in [6.07, 6.45) is 1.59. The molecule has 0 unspecified atom stereocenters. The zero-order valence-electron chi connectivity index (χ0n) is 17.1. The number of rotatable bonds is 4. The molecule has 0 spiro atoms. The van der Waals surface area contributed by atoms with E-state index in [2.05, 4.69) is 31.7 Å². The van der Waals surface area contributed by atoms with Gasteiger partial charge in [-0.25, -0.2) is 14.4 Å². The second-order valence-electron chi connectivity index (χ2n) is 7.77. The van der Waals surface area contributed by atoms with Gasteiger partial charge in [-0.15, -0.1) is 0 Å². The van der Waals surface area contributed by atoms with Gasteiger partial charge in [0.05, 0.1) is 6.42 Å². The summed E-state index contributed by atoms with van der Waals surface area (Å²) >= 11 is 6.06. The lowest BCUT2D eigenvalue weighted by Crippen LogP contribution is -2.49. The standard InChI is InChI=1S/C21H26ClFN6O/c1-26-5-7-27(8-6-26)19-14-20(25-15-24-19)28-9-11-29(12-10-28)21(30)13-16-17(22)3-2-4-18(16)23/h2-4,14-15H,5-13H2,1H3. The summed E-state index contributed by atoms with van der Waals surface area (Å²) in [5.41, 5.74) is 0.263. The summed E-state index contributed by atoms with van der Waals surface area (Å²) in [4.78, 5) is 30.1. The zero-order chi connectivity index (χ0) is 21.1. The molecular weight excluding hydrogens is 407 g/mol. The SMILES string of the molecule is CN1CCN(c2cc(N3CCN(C(=O)Cc4c(F)cccc4Cl)CC3)ncn2)CC1. The smallest absolute Gasteiger partial charge is 0.227 e. The van der Waals surface area contributed by atoms with Crippen LogP contribution >= 0.6 is 11.6 Å². The molecule has 0 radical (unpaired) electrons. The van der Waals surface area contributed by atoms with Gasteiger partial charge in [-0.05, 0) is 19.2 Å². The Labute approximate surface area is 181 Å². The van der Waals surface area contributed by atoms with Crippen molar-refractivity contribution in [2.75, 3.05) is 69.2 Å². The zero-order valence-corrected chi connectivity index (χ0v) is 17.9. The minimum Gasteiger partial charge on any atom is -0.354 e. The molecule has 1 aromatic heterocycles. The number of aromatic nitrogens is 2. The summed E-state index contributed by atoms with van der Waals surface area (Å²) in [6, 6.07) is 6.52. The van der Waals surface area contributed by atoms with Crippen molar-refractivity contribution < 1.29 is 9.18 Å². The monoisotopic (exact) mass is 432 g/mol. The molecule has 160 valence electrons. The fourth-order valence-electron chi connectivity index (χ4n) is 3.87. The molecule has 3 heterocycles. The van der Waals surface area contributed by atoms with E-state index in [-0.39, 0.29) is 17.9 Å². The molecule has 0 bridgehead atoms. The average Bonchev–Trinajstić information content (AvgIpc) is 2.77. The predicted molar refractivity (Wildman–Crippen MR) is 116 cm³/mol. The second-order valence-corrected chi connectivity index (χ2v) is 8.18. The summed E-state index contributed by atoms with van der Waals surface area (Å²) < 4.78 is 14.0. The molecule has 30 heavy (non-hydrogen) atoms. The first-order chi connectivity index (χ1) is 14.5. The first kappa shape index (κ1) is 20.8. The van der Waals surface area contributed by atoms with Crippen LogP contribution < -0.4 is 9.80 Å². The van der Waals surface area contributed by atoms with E-state index in [1.54, 1.807) is 23.4 Å². The molecule has 0 saturated carbocycles. The Hall–Kier alpha value is -2.45. The number of piperazine rings is 2. The van der Waals surface area contributed by atoms with Crippen LogP contribution in [-0.2, 0) is 11.2 Å². The highest BCUT2D eigenvalue weighted by molar-refractivity contribution is 6.31. The van der Waals surface area contributed by atoms with Crippen LogP contribution in [-0.4, -0.2) is 85.1 Å². The highest BCUT2D eigenvalue weighted by atomic mass is 35.5. The Morgan fingerprint density at radius 1 is 1.00 bits per heavy atom. The second kappa shape index (κ2) is 9.14. The van der Waals surface area contributed by atoms with Gasteiger partial charge < -0.3 is 19.6 Å². The van der Waals surface area contributed by atoms with Gasteiger partial charge in [0.15, 0.2) is 0 Å². The van der Waals surface area contributed by atoms with Crippen LogP contribution in [0.3, 0.4) is 0 Å². The number of likely N-dealkylation sites (N-methyl/N-ethyl adjacent to an activating group) is 1. The molecule has 2 aliphatic heterocycles. The van der Waals surface area contributed by atoms with Gasteiger partial charge in [0, 0.05) is 69.0 Å². The Balaban J connectivity index is 1.35.